The molecule has 0 aliphatic heterocycles. The van der Waals surface area contributed by atoms with E-state index in [1.807, 2.05) is 0 Å². The second-order valence-corrected chi connectivity index (χ2v) is 6.22. The van der Waals surface area contributed by atoms with Crippen molar-refractivity contribution in [2.24, 2.45) is 0 Å². The SMILES string of the molecule is C=C[SiH]C(C)(C)CCCCC. The molecule has 0 bridgehead atoms. The Morgan fingerprint density at radius 2 is 2.00 bits per heavy atom. The van der Waals surface area contributed by atoms with E-state index in [9.17, 15) is 0 Å². The lowest BCUT2D eigenvalue weighted by Gasteiger charge is -2.21. The molecule has 0 aromatic heterocycles. The summed E-state index contributed by atoms with van der Waals surface area (Å²) in [5.41, 5.74) is 2.12. The van der Waals surface area contributed by atoms with Crippen molar-refractivity contribution in [3.8, 4) is 0 Å². The summed E-state index contributed by atoms with van der Waals surface area (Å²) < 4.78 is 0. The van der Waals surface area contributed by atoms with E-state index in [1.165, 1.54) is 25.7 Å². The normalized spacial score (nSPS) is 11.5. The van der Waals surface area contributed by atoms with Crippen molar-refractivity contribution >= 4 is 9.52 Å². The highest BCUT2D eigenvalue weighted by molar-refractivity contribution is 6.45. The van der Waals surface area contributed by atoms with Crippen LogP contribution in [0.4, 0.5) is 0 Å². The van der Waals surface area contributed by atoms with Gasteiger partial charge in [0.15, 0.2) is 0 Å². The summed E-state index contributed by atoms with van der Waals surface area (Å²) in [7, 11) is 0.451. The highest BCUT2D eigenvalue weighted by Crippen LogP contribution is 2.29. The third-order valence-electron chi connectivity index (χ3n) is 1.99. The molecule has 0 saturated carbocycles. The Kier molecular flexibility index (Phi) is 5.57. The zero-order valence-electron chi connectivity index (χ0n) is 8.19. The zero-order valence-corrected chi connectivity index (χ0v) is 9.34. The molecule has 0 saturated heterocycles. The van der Waals surface area contributed by atoms with E-state index >= 15 is 0 Å². The van der Waals surface area contributed by atoms with Crippen LogP contribution in [0.5, 0.6) is 0 Å². The minimum Gasteiger partial charge on any atom is -0.107 e. The molecule has 0 atom stereocenters. The molecule has 0 spiro atoms. The second kappa shape index (κ2) is 5.59. The molecular formula is C10H21Si. The minimum absolute atomic E-state index is 0.451. The van der Waals surface area contributed by atoms with Crippen LogP contribution in [0.25, 0.3) is 0 Å². The highest BCUT2D eigenvalue weighted by Gasteiger charge is 2.15. The van der Waals surface area contributed by atoms with Gasteiger partial charge in [-0.25, -0.2) is 0 Å². The minimum atomic E-state index is 0.451. The molecule has 0 aromatic carbocycles. The summed E-state index contributed by atoms with van der Waals surface area (Å²) in [4.78, 5) is 0. The van der Waals surface area contributed by atoms with Crippen molar-refractivity contribution in [3.63, 3.8) is 0 Å². The van der Waals surface area contributed by atoms with Gasteiger partial charge in [0.1, 0.15) is 0 Å². The second-order valence-electron chi connectivity index (χ2n) is 3.85. The summed E-state index contributed by atoms with van der Waals surface area (Å²) >= 11 is 0. The summed E-state index contributed by atoms with van der Waals surface area (Å²) in [5.74, 6) is 0. The Hall–Kier alpha value is -0.0431. The number of hydrogen-bond acceptors (Lipinski definition) is 0. The first-order valence-electron chi connectivity index (χ1n) is 4.59. The molecule has 65 valence electrons. The van der Waals surface area contributed by atoms with Gasteiger partial charge in [-0.1, -0.05) is 46.5 Å². The number of rotatable bonds is 6. The van der Waals surface area contributed by atoms with Crippen molar-refractivity contribution in [1.82, 2.24) is 0 Å². The van der Waals surface area contributed by atoms with E-state index in [0.29, 0.717) is 14.6 Å². The van der Waals surface area contributed by atoms with Crippen LogP contribution in [0.1, 0.15) is 46.5 Å². The summed E-state index contributed by atoms with van der Waals surface area (Å²) in [6.07, 6.45) is 5.49. The van der Waals surface area contributed by atoms with E-state index in [0.717, 1.165) is 0 Å². The monoisotopic (exact) mass is 169 g/mol. The lowest BCUT2D eigenvalue weighted by atomic mass is 10.0. The summed E-state index contributed by atoms with van der Waals surface area (Å²) in [5, 5.41) is 0.566. The van der Waals surface area contributed by atoms with Crippen LogP contribution in [0.2, 0.25) is 5.04 Å². The molecule has 0 unspecified atom stereocenters. The van der Waals surface area contributed by atoms with Gasteiger partial charge >= 0.3 is 0 Å². The Morgan fingerprint density at radius 3 is 2.45 bits per heavy atom. The first-order valence-corrected chi connectivity index (χ1v) is 5.83. The van der Waals surface area contributed by atoms with Crippen LogP contribution in [0, 0.1) is 0 Å². The first kappa shape index (κ1) is 11.0. The lowest BCUT2D eigenvalue weighted by molar-refractivity contribution is 0.550. The molecule has 11 heavy (non-hydrogen) atoms. The van der Waals surface area contributed by atoms with E-state index in [4.69, 9.17) is 0 Å². The molecule has 1 radical (unpaired) electrons. The fourth-order valence-electron chi connectivity index (χ4n) is 1.23. The van der Waals surface area contributed by atoms with Gasteiger partial charge < -0.3 is 0 Å². The molecule has 0 aliphatic carbocycles. The predicted octanol–water partition coefficient (Wildman–Crippen LogP) is 3.35. The molecule has 0 rings (SSSR count). The van der Waals surface area contributed by atoms with Crippen molar-refractivity contribution in [2.45, 2.75) is 51.5 Å². The van der Waals surface area contributed by atoms with Gasteiger partial charge in [0.25, 0.3) is 0 Å². The molecule has 0 aliphatic rings. The van der Waals surface area contributed by atoms with Crippen molar-refractivity contribution in [2.75, 3.05) is 0 Å². The van der Waals surface area contributed by atoms with Crippen LogP contribution in [-0.2, 0) is 0 Å². The van der Waals surface area contributed by atoms with Crippen LogP contribution in [0.15, 0.2) is 12.3 Å². The van der Waals surface area contributed by atoms with Crippen LogP contribution in [-0.4, -0.2) is 9.52 Å². The molecule has 0 aromatic rings. The maximum Gasteiger partial charge on any atom is 0.0620 e. The van der Waals surface area contributed by atoms with Gasteiger partial charge in [0.05, 0.1) is 9.52 Å². The molecule has 0 amide bonds. The van der Waals surface area contributed by atoms with E-state index in [1.54, 1.807) is 0 Å². The average molecular weight is 169 g/mol. The Morgan fingerprint density at radius 1 is 1.36 bits per heavy atom. The zero-order chi connectivity index (χ0) is 8.74. The largest absolute Gasteiger partial charge is 0.107 e. The number of hydrogen-bond donors (Lipinski definition) is 0. The maximum absolute atomic E-state index is 3.81. The molecule has 0 fully saturated rings. The van der Waals surface area contributed by atoms with E-state index in [-0.39, 0.29) is 0 Å². The summed E-state index contributed by atoms with van der Waals surface area (Å²) in [6.45, 7) is 10.8. The molecule has 0 nitrogen and oxygen atoms in total. The fourth-order valence-corrected chi connectivity index (χ4v) is 2.24. The lowest BCUT2D eigenvalue weighted by Crippen LogP contribution is -2.10. The quantitative estimate of drug-likeness (QED) is 0.422. The Bertz CT molecular complexity index is 105. The maximum atomic E-state index is 3.81. The predicted molar refractivity (Wildman–Crippen MR) is 55.5 cm³/mol. The van der Waals surface area contributed by atoms with E-state index in [2.05, 4.69) is 33.0 Å². The van der Waals surface area contributed by atoms with Crippen molar-refractivity contribution < 1.29 is 0 Å². The third-order valence-corrected chi connectivity index (χ3v) is 3.42. The average Bonchev–Trinajstić information content (AvgIpc) is 1.87. The Labute approximate surface area is 73.9 Å². The standard InChI is InChI=1S/C10H21Si/c1-5-7-8-9-10(3,4)11-6-2/h6,11H,2,5,7-9H2,1,3-4H3. The molecule has 1 heteroatoms. The fraction of sp³-hybridized carbons (Fsp3) is 0.800. The third kappa shape index (κ3) is 6.36. The van der Waals surface area contributed by atoms with Gasteiger partial charge in [-0.3, -0.25) is 0 Å². The van der Waals surface area contributed by atoms with Crippen LogP contribution >= 0.6 is 0 Å². The number of unbranched alkanes of at least 4 members (excludes halogenated alkanes) is 2. The molecular weight excluding hydrogens is 148 g/mol. The van der Waals surface area contributed by atoms with Gasteiger partial charge in [-0.15, -0.1) is 12.3 Å². The molecule has 0 N–H and O–H groups in total. The van der Waals surface area contributed by atoms with Crippen molar-refractivity contribution in [3.05, 3.63) is 12.3 Å². The van der Waals surface area contributed by atoms with Crippen LogP contribution in [0.3, 0.4) is 0 Å². The summed E-state index contributed by atoms with van der Waals surface area (Å²) in [6, 6.07) is 0. The highest BCUT2D eigenvalue weighted by atomic mass is 28.2. The Balaban J connectivity index is 3.45. The van der Waals surface area contributed by atoms with Gasteiger partial charge in [-0.05, 0) is 5.04 Å². The van der Waals surface area contributed by atoms with Crippen LogP contribution < -0.4 is 0 Å². The smallest absolute Gasteiger partial charge is 0.0620 e. The van der Waals surface area contributed by atoms with Gasteiger partial charge in [0, 0.05) is 0 Å². The van der Waals surface area contributed by atoms with Gasteiger partial charge in [-0.2, -0.15) is 0 Å². The van der Waals surface area contributed by atoms with E-state index < -0.39 is 0 Å². The van der Waals surface area contributed by atoms with Crippen molar-refractivity contribution in [1.29, 1.82) is 0 Å². The topological polar surface area (TPSA) is 0 Å². The van der Waals surface area contributed by atoms with Gasteiger partial charge in [0.2, 0.25) is 0 Å². The molecule has 0 heterocycles. The first-order chi connectivity index (χ1) is 5.12.